The van der Waals surface area contributed by atoms with Crippen molar-refractivity contribution in [3.05, 3.63) is 240 Å². The van der Waals surface area contributed by atoms with Gasteiger partial charge in [0.2, 0.25) is 4.74 Å². The van der Waals surface area contributed by atoms with E-state index in [4.69, 9.17) is 9.97 Å². The van der Waals surface area contributed by atoms with Gasteiger partial charge in [-0.1, -0.05) is 181 Å². The van der Waals surface area contributed by atoms with Gasteiger partial charge in [-0.15, -0.1) is 0 Å². The summed E-state index contributed by atoms with van der Waals surface area (Å²) in [5.41, 5.74) is 15.0. The van der Waals surface area contributed by atoms with Crippen molar-refractivity contribution >= 4 is 65.0 Å². The minimum absolute atomic E-state index is 0.0534. The Kier molecular flexibility index (Phi) is 9.11. The van der Waals surface area contributed by atoms with Crippen LogP contribution < -0.4 is 4.74 Å². The first-order valence-electron chi connectivity index (χ1n) is 22.4. The van der Waals surface area contributed by atoms with E-state index in [9.17, 15) is 4.79 Å². The van der Waals surface area contributed by atoms with Crippen molar-refractivity contribution in [3.8, 4) is 67.5 Å². The van der Waals surface area contributed by atoms with Crippen LogP contribution in [0, 0.1) is 0 Å². The molecule has 0 radical (unpaired) electrons. The zero-order valence-corrected chi connectivity index (χ0v) is 36.9. The predicted molar refractivity (Wildman–Crippen MR) is 280 cm³/mol. The van der Waals surface area contributed by atoms with Crippen molar-refractivity contribution in [2.45, 2.75) is 0 Å². The van der Waals surface area contributed by atoms with Crippen LogP contribution in [0.1, 0.15) is 0 Å². The van der Waals surface area contributed by atoms with Crippen LogP contribution in [0.3, 0.4) is 0 Å². The number of fused-ring (bicyclic) bond motifs is 7. The molecule has 9 aromatic carbocycles. The molecule has 13 rings (SSSR count). The van der Waals surface area contributed by atoms with Gasteiger partial charge in [0, 0.05) is 54.4 Å². The summed E-state index contributed by atoms with van der Waals surface area (Å²) >= 11 is 1.26. The summed E-state index contributed by atoms with van der Waals surface area (Å²) in [6, 6.07) is 80.6. The van der Waals surface area contributed by atoms with E-state index in [-0.39, 0.29) is 4.74 Å². The van der Waals surface area contributed by atoms with E-state index in [2.05, 4.69) is 179 Å². The van der Waals surface area contributed by atoms with Crippen LogP contribution in [-0.4, -0.2) is 19.1 Å². The molecule has 0 fully saturated rings. The zero-order valence-electron chi connectivity index (χ0n) is 36.0. The third-order valence-electron chi connectivity index (χ3n) is 13.0. The predicted octanol–water partition coefficient (Wildman–Crippen LogP) is 15.6. The SMILES string of the molecule is O=c1cc(-c2cc(-c3ccccc3)nc(-c3ccccc3)n2)c2cc(-n3c4ccccc4c4cc(-c5ccccc5)ccc43)c(-n3c4ccccc4c4cc(-c5ccccc5)ccc43)cc2s1. The van der Waals surface area contributed by atoms with Crippen LogP contribution in [0.4, 0.5) is 0 Å². The number of rotatable bonds is 7. The van der Waals surface area contributed by atoms with Gasteiger partial charge in [-0.25, -0.2) is 9.97 Å². The molecule has 13 aromatic rings. The molecule has 0 atom stereocenters. The molecule has 0 unspecified atom stereocenters. The highest BCUT2D eigenvalue weighted by molar-refractivity contribution is 7.16. The molecule has 0 saturated heterocycles. The summed E-state index contributed by atoms with van der Waals surface area (Å²) in [5, 5.41) is 5.55. The second-order valence-corrected chi connectivity index (χ2v) is 18.0. The molecular weight excluding hydrogens is 837 g/mol. The summed E-state index contributed by atoms with van der Waals surface area (Å²) in [6.07, 6.45) is 0. The molecule has 5 nitrogen and oxygen atoms in total. The molecule has 0 aliphatic carbocycles. The van der Waals surface area contributed by atoms with E-state index < -0.39 is 0 Å². The Balaban J connectivity index is 1.14. The average molecular weight is 875 g/mol. The summed E-state index contributed by atoms with van der Waals surface area (Å²) < 4.78 is 5.61. The number of nitrogens with zero attached hydrogens (tertiary/aromatic N) is 4. The van der Waals surface area contributed by atoms with Crippen LogP contribution in [0.2, 0.25) is 0 Å². The second-order valence-electron chi connectivity index (χ2n) is 16.9. The van der Waals surface area contributed by atoms with Crippen molar-refractivity contribution in [3.63, 3.8) is 0 Å². The monoisotopic (exact) mass is 874 g/mol. The normalized spacial score (nSPS) is 11.6. The van der Waals surface area contributed by atoms with Gasteiger partial charge in [0.25, 0.3) is 0 Å². The number of para-hydroxylation sites is 2. The Morgan fingerprint density at radius 1 is 0.328 bits per heavy atom. The number of hydrogen-bond acceptors (Lipinski definition) is 4. The first kappa shape index (κ1) is 38.7. The van der Waals surface area contributed by atoms with E-state index in [1.807, 2.05) is 54.6 Å². The molecule has 6 heteroatoms. The molecule has 0 aliphatic heterocycles. The van der Waals surface area contributed by atoms with E-state index in [1.54, 1.807) is 6.07 Å². The highest BCUT2D eigenvalue weighted by atomic mass is 32.1. The Morgan fingerprint density at radius 3 is 1.33 bits per heavy atom. The summed E-state index contributed by atoms with van der Waals surface area (Å²) in [6.45, 7) is 0. The number of aromatic nitrogens is 4. The van der Waals surface area contributed by atoms with Crippen LogP contribution in [0.15, 0.2) is 235 Å². The Bertz CT molecular complexity index is 4040. The fraction of sp³-hybridized carbons (Fsp3) is 0. The lowest BCUT2D eigenvalue weighted by molar-refractivity contribution is 1.10. The quantitative estimate of drug-likeness (QED) is 0.160. The molecule has 0 saturated carbocycles. The van der Waals surface area contributed by atoms with Crippen molar-refractivity contribution in [2.75, 3.05) is 0 Å². The minimum atomic E-state index is -0.0534. The Morgan fingerprint density at radius 2 is 0.776 bits per heavy atom. The first-order valence-corrected chi connectivity index (χ1v) is 23.2. The molecule has 0 aliphatic rings. The van der Waals surface area contributed by atoms with Gasteiger partial charge < -0.3 is 9.13 Å². The standard InChI is InChI=1S/C61H38N4OS/c66-60-36-47(52-37-51(41-21-9-3-10-22-41)62-61(63-52)42-23-11-4-12-24-42)50-35-57(64-53-27-15-13-25-45(53)48-33-43(29-31-55(48)64)39-17-5-1-6-18-39)58(38-59(50)67-60)65-54-28-16-14-26-46(54)49-34-44(30-32-56(49)65)40-19-7-2-8-20-40/h1-38H. The molecule has 4 heterocycles. The zero-order chi connectivity index (χ0) is 44.4. The minimum Gasteiger partial charge on any atom is -0.307 e. The van der Waals surface area contributed by atoms with E-state index in [1.165, 1.54) is 22.5 Å². The Hall–Kier alpha value is -8.71. The maximum atomic E-state index is 14.2. The van der Waals surface area contributed by atoms with Crippen molar-refractivity contribution in [1.29, 1.82) is 0 Å². The third-order valence-corrected chi connectivity index (χ3v) is 13.9. The molecule has 0 amide bonds. The molecule has 67 heavy (non-hydrogen) atoms. The maximum absolute atomic E-state index is 14.2. The van der Waals surface area contributed by atoms with Gasteiger partial charge in [-0.2, -0.15) is 0 Å². The largest absolute Gasteiger partial charge is 0.307 e. The second kappa shape index (κ2) is 15.8. The van der Waals surface area contributed by atoms with E-state index >= 15 is 0 Å². The number of benzene rings is 9. The van der Waals surface area contributed by atoms with Crippen LogP contribution in [0.5, 0.6) is 0 Å². The topological polar surface area (TPSA) is 52.7 Å². The van der Waals surface area contributed by atoms with Crippen molar-refractivity contribution < 1.29 is 0 Å². The summed E-state index contributed by atoms with van der Waals surface area (Å²) in [5.74, 6) is 0.596. The van der Waals surface area contributed by atoms with Crippen LogP contribution in [0.25, 0.3) is 121 Å². The maximum Gasteiger partial charge on any atom is 0.233 e. The third kappa shape index (κ3) is 6.57. The van der Waals surface area contributed by atoms with Gasteiger partial charge in [-0.05, 0) is 76.9 Å². The van der Waals surface area contributed by atoms with E-state index in [0.717, 1.165) is 98.6 Å². The fourth-order valence-electron chi connectivity index (χ4n) is 9.90. The van der Waals surface area contributed by atoms with E-state index in [0.29, 0.717) is 11.5 Å². The lowest BCUT2D eigenvalue weighted by Crippen LogP contribution is -2.05. The van der Waals surface area contributed by atoms with Crippen LogP contribution in [-0.2, 0) is 0 Å². The molecule has 0 N–H and O–H groups in total. The molecule has 4 aromatic heterocycles. The Labute approximate surface area is 389 Å². The highest BCUT2D eigenvalue weighted by Crippen LogP contribution is 2.43. The van der Waals surface area contributed by atoms with Gasteiger partial charge in [0.15, 0.2) is 5.82 Å². The molecule has 0 bridgehead atoms. The lowest BCUT2D eigenvalue weighted by atomic mass is 10.0. The molecule has 0 spiro atoms. The van der Waals surface area contributed by atoms with Crippen molar-refractivity contribution in [1.82, 2.24) is 19.1 Å². The summed E-state index contributed by atoms with van der Waals surface area (Å²) in [4.78, 5) is 24.5. The van der Waals surface area contributed by atoms with Gasteiger partial charge in [0.1, 0.15) is 0 Å². The lowest BCUT2D eigenvalue weighted by Gasteiger charge is -2.19. The smallest absolute Gasteiger partial charge is 0.233 e. The van der Waals surface area contributed by atoms with Crippen LogP contribution >= 0.6 is 11.3 Å². The first-order chi connectivity index (χ1) is 33.1. The van der Waals surface area contributed by atoms with Gasteiger partial charge in [-0.3, -0.25) is 4.79 Å². The van der Waals surface area contributed by atoms with Gasteiger partial charge >= 0.3 is 0 Å². The highest BCUT2D eigenvalue weighted by Gasteiger charge is 2.23. The van der Waals surface area contributed by atoms with Gasteiger partial charge in [0.05, 0.1) is 44.8 Å². The van der Waals surface area contributed by atoms with Crippen molar-refractivity contribution in [2.24, 2.45) is 0 Å². The molecule has 314 valence electrons. The summed E-state index contributed by atoms with van der Waals surface area (Å²) in [7, 11) is 0. The fourth-order valence-corrected chi connectivity index (χ4v) is 10.7. The number of hydrogen-bond donors (Lipinski definition) is 0. The average Bonchev–Trinajstić information content (AvgIpc) is 3.91. The molecular formula is C61H38N4OS.